The molecule has 3 aromatic rings. The van der Waals surface area contributed by atoms with Crippen molar-refractivity contribution in [2.24, 2.45) is 0 Å². The number of unbranched alkanes of at least 4 members (excludes halogenated alkanes) is 1. The van der Waals surface area contributed by atoms with Crippen molar-refractivity contribution in [2.45, 2.75) is 53.0 Å². The van der Waals surface area contributed by atoms with E-state index < -0.39 is 0 Å². The second kappa shape index (κ2) is 10.1. The molecule has 5 heteroatoms. The maximum Gasteiger partial charge on any atom is 0.216 e. The number of ether oxygens (including phenoxy) is 1. The summed E-state index contributed by atoms with van der Waals surface area (Å²) in [7, 11) is 0. The predicted octanol–water partition coefficient (Wildman–Crippen LogP) is 4.58. The largest absolute Gasteiger partial charge is 0.494 e. The molecule has 0 unspecified atom stereocenters. The molecule has 0 aliphatic carbocycles. The Labute approximate surface area is 173 Å². The van der Waals surface area contributed by atoms with Crippen molar-refractivity contribution in [3.63, 3.8) is 0 Å². The molecule has 0 saturated heterocycles. The highest BCUT2D eigenvalue weighted by molar-refractivity contribution is 5.76. The van der Waals surface area contributed by atoms with E-state index in [0.29, 0.717) is 13.2 Å². The monoisotopic (exact) mass is 393 g/mol. The van der Waals surface area contributed by atoms with Crippen LogP contribution in [-0.2, 0) is 17.8 Å². The van der Waals surface area contributed by atoms with Gasteiger partial charge in [0.15, 0.2) is 0 Å². The van der Waals surface area contributed by atoms with Crippen molar-refractivity contribution in [1.82, 2.24) is 14.9 Å². The SMILES string of the molecule is CC(=O)NCCCc1nc2ccccc2n1CCCCOc1cc(C)cc(C)c1. The number of carbonyl (C=O) groups excluding carboxylic acids is 1. The first-order valence-corrected chi connectivity index (χ1v) is 10.4. The molecular weight excluding hydrogens is 362 g/mol. The smallest absolute Gasteiger partial charge is 0.216 e. The summed E-state index contributed by atoms with van der Waals surface area (Å²) in [5.41, 5.74) is 4.67. The Bertz CT molecular complexity index is 942. The van der Waals surface area contributed by atoms with Gasteiger partial charge in [-0.1, -0.05) is 18.2 Å². The summed E-state index contributed by atoms with van der Waals surface area (Å²) in [6.07, 6.45) is 3.77. The van der Waals surface area contributed by atoms with Gasteiger partial charge in [0.25, 0.3) is 0 Å². The number of benzene rings is 2. The number of nitrogens with one attached hydrogen (secondary N) is 1. The van der Waals surface area contributed by atoms with Crippen LogP contribution in [-0.4, -0.2) is 28.6 Å². The molecule has 0 radical (unpaired) electrons. The molecule has 2 aromatic carbocycles. The first kappa shape index (κ1) is 20.9. The van der Waals surface area contributed by atoms with E-state index in [-0.39, 0.29) is 5.91 Å². The van der Waals surface area contributed by atoms with Gasteiger partial charge in [-0.3, -0.25) is 4.79 Å². The number of imidazole rings is 1. The number of hydrogen-bond donors (Lipinski definition) is 1. The first-order valence-electron chi connectivity index (χ1n) is 10.4. The van der Waals surface area contributed by atoms with Crippen molar-refractivity contribution >= 4 is 16.9 Å². The summed E-state index contributed by atoms with van der Waals surface area (Å²) in [5, 5.41) is 2.86. The molecule has 0 atom stereocenters. The van der Waals surface area contributed by atoms with E-state index in [1.807, 2.05) is 6.07 Å². The van der Waals surface area contributed by atoms with Crippen LogP contribution in [0.3, 0.4) is 0 Å². The van der Waals surface area contributed by atoms with Gasteiger partial charge < -0.3 is 14.6 Å². The Morgan fingerprint density at radius 1 is 1.07 bits per heavy atom. The minimum Gasteiger partial charge on any atom is -0.494 e. The Kier molecular flexibility index (Phi) is 7.28. The quantitative estimate of drug-likeness (QED) is 0.513. The van der Waals surface area contributed by atoms with Crippen molar-refractivity contribution < 1.29 is 9.53 Å². The minimum atomic E-state index is 0.0160. The van der Waals surface area contributed by atoms with E-state index in [4.69, 9.17) is 9.72 Å². The lowest BCUT2D eigenvalue weighted by molar-refractivity contribution is -0.118. The molecule has 1 heterocycles. The Morgan fingerprint density at radius 3 is 2.59 bits per heavy atom. The van der Waals surface area contributed by atoms with Crippen LogP contribution in [0.15, 0.2) is 42.5 Å². The third kappa shape index (κ3) is 6.08. The highest BCUT2D eigenvalue weighted by atomic mass is 16.5. The van der Waals surface area contributed by atoms with Gasteiger partial charge in [-0.05, 0) is 68.5 Å². The number of aryl methyl sites for hydroxylation is 4. The summed E-state index contributed by atoms with van der Waals surface area (Å²) < 4.78 is 8.26. The van der Waals surface area contributed by atoms with Crippen LogP contribution in [0.2, 0.25) is 0 Å². The van der Waals surface area contributed by atoms with E-state index >= 15 is 0 Å². The molecule has 0 saturated carbocycles. The molecule has 1 N–H and O–H groups in total. The third-order valence-corrected chi connectivity index (χ3v) is 4.92. The molecule has 0 fully saturated rings. The van der Waals surface area contributed by atoms with Crippen LogP contribution < -0.4 is 10.1 Å². The van der Waals surface area contributed by atoms with Crippen LogP contribution in [0, 0.1) is 13.8 Å². The van der Waals surface area contributed by atoms with Gasteiger partial charge in [0, 0.05) is 26.4 Å². The van der Waals surface area contributed by atoms with Gasteiger partial charge in [-0.15, -0.1) is 0 Å². The number of rotatable bonds is 10. The standard InChI is InChI=1S/C24H31N3O2/c1-18-15-19(2)17-21(16-18)29-14-7-6-13-27-23-10-5-4-9-22(23)26-24(27)11-8-12-25-20(3)28/h4-5,9-10,15-17H,6-8,11-14H2,1-3H3,(H,25,28). The summed E-state index contributed by atoms with van der Waals surface area (Å²) in [5.74, 6) is 2.06. The molecular formula is C24H31N3O2. The van der Waals surface area contributed by atoms with Gasteiger partial charge in [-0.25, -0.2) is 4.98 Å². The lowest BCUT2D eigenvalue weighted by atomic mass is 10.1. The number of hydrogen-bond acceptors (Lipinski definition) is 3. The topological polar surface area (TPSA) is 56.2 Å². The number of aromatic nitrogens is 2. The number of nitrogens with zero attached hydrogens (tertiary/aromatic N) is 2. The zero-order valence-corrected chi connectivity index (χ0v) is 17.7. The Morgan fingerprint density at radius 2 is 1.83 bits per heavy atom. The molecule has 0 spiro atoms. The molecule has 154 valence electrons. The van der Waals surface area contributed by atoms with E-state index in [0.717, 1.165) is 49.3 Å². The van der Waals surface area contributed by atoms with E-state index in [1.54, 1.807) is 6.92 Å². The van der Waals surface area contributed by atoms with Crippen molar-refractivity contribution in [2.75, 3.05) is 13.2 Å². The Hall–Kier alpha value is -2.82. The van der Waals surface area contributed by atoms with Crippen molar-refractivity contribution in [3.05, 3.63) is 59.4 Å². The van der Waals surface area contributed by atoms with Crippen molar-refractivity contribution in [1.29, 1.82) is 0 Å². The van der Waals surface area contributed by atoms with Gasteiger partial charge in [0.1, 0.15) is 11.6 Å². The molecule has 5 nitrogen and oxygen atoms in total. The molecule has 3 rings (SSSR count). The average Bonchev–Trinajstić information content (AvgIpc) is 3.02. The van der Waals surface area contributed by atoms with Crippen LogP contribution >= 0.6 is 0 Å². The number of amides is 1. The number of fused-ring (bicyclic) bond motifs is 1. The van der Waals surface area contributed by atoms with Crippen LogP contribution in [0.1, 0.15) is 43.1 Å². The fraction of sp³-hybridized carbons (Fsp3) is 0.417. The van der Waals surface area contributed by atoms with E-state index in [2.05, 4.69) is 60.1 Å². The fourth-order valence-electron chi connectivity index (χ4n) is 3.65. The first-order chi connectivity index (χ1) is 14.0. The maximum atomic E-state index is 11.1. The van der Waals surface area contributed by atoms with Gasteiger partial charge >= 0.3 is 0 Å². The van der Waals surface area contributed by atoms with Gasteiger partial charge in [0.2, 0.25) is 5.91 Å². The van der Waals surface area contributed by atoms with Crippen LogP contribution in [0.5, 0.6) is 5.75 Å². The van der Waals surface area contributed by atoms with E-state index in [1.165, 1.54) is 16.6 Å². The van der Waals surface area contributed by atoms with Crippen molar-refractivity contribution in [3.8, 4) is 5.75 Å². The molecule has 29 heavy (non-hydrogen) atoms. The zero-order chi connectivity index (χ0) is 20.6. The molecule has 0 aliphatic rings. The number of para-hydroxylation sites is 2. The van der Waals surface area contributed by atoms with Gasteiger partial charge in [-0.2, -0.15) is 0 Å². The molecule has 1 aromatic heterocycles. The minimum absolute atomic E-state index is 0.0160. The third-order valence-electron chi connectivity index (χ3n) is 4.92. The maximum absolute atomic E-state index is 11.1. The highest BCUT2D eigenvalue weighted by Crippen LogP contribution is 2.19. The zero-order valence-electron chi connectivity index (χ0n) is 17.7. The highest BCUT2D eigenvalue weighted by Gasteiger charge is 2.10. The molecule has 0 aliphatic heterocycles. The lowest BCUT2D eigenvalue weighted by Gasteiger charge is -2.11. The lowest BCUT2D eigenvalue weighted by Crippen LogP contribution is -2.21. The predicted molar refractivity (Wildman–Crippen MR) is 117 cm³/mol. The molecule has 1 amide bonds. The summed E-state index contributed by atoms with van der Waals surface area (Å²) in [6.45, 7) is 8.06. The second-order valence-corrected chi connectivity index (χ2v) is 7.63. The van der Waals surface area contributed by atoms with Crippen LogP contribution in [0.25, 0.3) is 11.0 Å². The number of carbonyl (C=O) groups is 1. The molecule has 0 bridgehead atoms. The average molecular weight is 394 g/mol. The summed E-state index contributed by atoms with van der Waals surface area (Å²) in [6, 6.07) is 14.6. The normalized spacial score (nSPS) is 11.0. The summed E-state index contributed by atoms with van der Waals surface area (Å²) in [4.78, 5) is 15.9. The second-order valence-electron chi connectivity index (χ2n) is 7.63. The van der Waals surface area contributed by atoms with E-state index in [9.17, 15) is 4.79 Å². The van der Waals surface area contributed by atoms with Crippen LogP contribution in [0.4, 0.5) is 0 Å². The Balaban J connectivity index is 1.55. The van der Waals surface area contributed by atoms with Gasteiger partial charge in [0.05, 0.1) is 17.6 Å². The fourth-order valence-corrected chi connectivity index (χ4v) is 3.65. The summed E-state index contributed by atoms with van der Waals surface area (Å²) >= 11 is 0.